The van der Waals surface area contributed by atoms with Crippen molar-refractivity contribution in [2.45, 2.75) is 64.5 Å². The lowest BCUT2D eigenvalue weighted by molar-refractivity contribution is -0.120. The van der Waals surface area contributed by atoms with Crippen LogP contribution in [-0.4, -0.2) is 42.5 Å². The highest BCUT2D eigenvalue weighted by Gasteiger charge is 2.33. The first kappa shape index (κ1) is 14.8. The molecule has 4 nitrogen and oxygen atoms in total. The third-order valence-electron chi connectivity index (χ3n) is 5.22. The number of hydrogen-bond donors (Lipinski definition) is 2. The van der Waals surface area contributed by atoms with E-state index in [0.29, 0.717) is 11.5 Å². The number of rotatable bonds is 7. The minimum Gasteiger partial charge on any atom is -0.368 e. The van der Waals surface area contributed by atoms with Gasteiger partial charge >= 0.3 is 0 Å². The van der Waals surface area contributed by atoms with Gasteiger partial charge in [0.05, 0.1) is 6.04 Å². The minimum absolute atomic E-state index is 0.164. The zero-order valence-corrected chi connectivity index (χ0v) is 12.5. The van der Waals surface area contributed by atoms with Crippen molar-refractivity contribution in [3.05, 3.63) is 0 Å². The van der Waals surface area contributed by atoms with Gasteiger partial charge in [0, 0.05) is 12.6 Å². The quantitative estimate of drug-likeness (QED) is 0.735. The first-order valence-electron chi connectivity index (χ1n) is 7.86. The van der Waals surface area contributed by atoms with E-state index in [2.05, 4.69) is 24.1 Å². The number of carbonyl (C=O) groups is 1. The maximum absolute atomic E-state index is 11.5. The molecule has 0 radical (unpaired) electrons. The Balaban J connectivity index is 1.81. The normalized spacial score (nSPS) is 25.2. The second kappa shape index (κ2) is 6.23. The van der Waals surface area contributed by atoms with E-state index < -0.39 is 0 Å². The van der Waals surface area contributed by atoms with Crippen molar-refractivity contribution in [3.63, 3.8) is 0 Å². The van der Waals surface area contributed by atoms with Crippen molar-refractivity contribution >= 4 is 5.91 Å². The van der Waals surface area contributed by atoms with Crippen LogP contribution in [-0.2, 0) is 4.79 Å². The molecule has 1 saturated carbocycles. The largest absolute Gasteiger partial charge is 0.368 e. The number of piperidine rings is 1. The van der Waals surface area contributed by atoms with E-state index in [1.54, 1.807) is 0 Å². The van der Waals surface area contributed by atoms with Crippen LogP contribution in [0, 0.1) is 5.41 Å². The van der Waals surface area contributed by atoms with Crippen LogP contribution in [0.25, 0.3) is 0 Å². The topological polar surface area (TPSA) is 58.4 Å². The number of nitrogens with two attached hydrogens (primary N) is 1. The Morgan fingerprint density at radius 3 is 2.32 bits per heavy atom. The lowest BCUT2D eigenvalue weighted by Crippen LogP contribution is -2.52. The molecule has 2 rings (SSSR count). The maximum Gasteiger partial charge on any atom is 0.235 e. The molecule has 1 aliphatic heterocycles. The smallest absolute Gasteiger partial charge is 0.235 e. The highest BCUT2D eigenvalue weighted by molar-refractivity contribution is 5.80. The van der Waals surface area contributed by atoms with Crippen molar-refractivity contribution in [2.24, 2.45) is 11.1 Å². The highest BCUT2D eigenvalue weighted by Crippen LogP contribution is 2.37. The molecule has 1 amide bonds. The molecule has 0 aromatic rings. The zero-order valence-electron chi connectivity index (χ0n) is 12.5. The number of hydrogen-bond acceptors (Lipinski definition) is 3. The Kier molecular flexibility index (Phi) is 4.85. The first-order chi connectivity index (χ1) is 9.08. The summed E-state index contributed by atoms with van der Waals surface area (Å²) in [6.45, 7) is 7.62. The van der Waals surface area contributed by atoms with E-state index in [9.17, 15) is 4.79 Å². The lowest BCUT2D eigenvalue weighted by atomic mass is 9.74. The summed E-state index contributed by atoms with van der Waals surface area (Å²) >= 11 is 0. The monoisotopic (exact) mass is 267 g/mol. The average Bonchev–Trinajstić information content (AvgIpc) is 3.23. The van der Waals surface area contributed by atoms with Crippen LogP contribution in [0.3, 0.4) is 0 Å². The second-order valence-electron chi connectivity index (χ2n) is 6.40. The molecule has 1 atom stereocenters. The molecule has 3 N–H and O–H groups in total. The van der Waals surface area contributed by atoms with Crippen LogP contribution in [0.15, 0.2) is 0 Å². The molecule has 4 heteroatoms. The molecule has 0 aromatic heterocycles. The molecule has 0 aromatic carbocycles. The molecule has 2 fully saturated rings. The Hall–Kier alpha value is -0.610. The van der Waals surface area contributed by atoms with Gasteiger partial charge in [-0.25, -0.2) is 0 Å². The molecule has 1 aliphatic carbocycles. The van der Waals surface area contributed by atoms with Crippen LogP contribution in [0.1, 0.15) is 52.4 Å². The summed E-state index contributed by atoms with van der Waals surface area (Å²) < 4.78 is 0. The summed E-state index contributed by atoms with van der Waals surface area (Å²) in [5.74, 6) is -0.199. The van der Waals surface area contributed by atoms with Crippen LogP contribution in [0.4, 0.5) is 0 Å². The molecule has 1 heterocycles. The Morgan fingerprint density at radius 1 is 1.32 bits per heavy atom. The summed E-state index contributed by atoms with van der Waals surface area (Å²) in [5.41, 5.74) is 6.05. The second-order valence-corrected chi connectivity index (χ2v) is 6.40. The standard InChI is InChI=1S/C15H29N3O/c1-3-15(4-2)7-9-18(10-8-15)11-13(14(16)19)17-12-5-6-12/h12-13,17H,3-11H2,1-2H3,(H2,16,19). The van der Waals surface area contributed by atoms with Gasteiger partial charge in [0.25, 0.3) is 0 Å². The van der Waals surface area contributed by atoms with Crippen molar-refractivity contribution in [2.75, 3.05) is 19.6 Å². The Bertz CT molecular complexity index is 301. The van der Waals surface area contributed by atoms with E-state index in [4.69, 9.17) is 5.73 Å². The van der Waals surface area contributed by atoms with Gasteiger partial charge in [0.1, 0.15) is 0 Å². The molecule has 1 saturated heterocycles. The summed E-state index contributed by atoms with van der Waals surface area (Å²) in [6, 6.07) is 0.371. The molecule has 2 aliphatic rings. The van der Waals surface area contributed by atoms with E-state index in [1.165, 1.54) is 38.5 Å². The molecular weight excluding hydrogens is 238 g/mol. The fourth-order valence-electron chi connectivity index (χ4n) is 3.18. The fraction of sp³-hybridized carbons (Fsp3) is 0.933. The van der Waals surface area contributed by atoms with Crippen molar-refractivity contribution in [1.82, 2.24) is 10.2 Å². The van der Waals surface area contributed by atoms with Gasteiger partial charge in [0.15, 0.2) is 0 Å². The van der Waals surface area contributed by atoms with E-state index >= 15 is 0 Å². The number of carbonyl (C=O) groups excluding carboxylic acids is 1. The van der Waals surface area contributed by atoms with Crippen LogP contribution in [0.5, 0.6) is 0 Å². The van der Waals surface area contributed by atoms with Gasteiger partial charge in [-0.2, -0.15) is 0 Å². The van der Waals surface area contributed by atoms with Crippen LogP contribution < -0.4 is 11.1 Å². The molecule has 0 bridgehead atoms. The summed E-state index contributed by atoms with van der Waals surface area (Å²) in [5, 5.41) is 3.37. The molecule has 1 unspecified atom stereocenters. The fourth-order valence-corrected chi connectivity index (χ4v) is 3.18. The van der Waals surface area contributed by atoms with Gasteiger partial charge < -0.3 is 16.0 Å². The average molecular weight is 267 g/mol. The predicted octanol–water partition coefficient (Wildman–Crippen LogP) is 1.49. The summed E-state index contributed by atoms with van der Waals surface area (Å²) in [6.07, 6.45) is 7.45. The predicted molar refractivity (Wildman–Crippen MR) is 77.8 cm³/mol. The van der Waals surface area contributed by atoms with Gasteiger partial charge in [-0.15, -0.1) is 0 Å². The van der Waals surface area contributed by atoms with Crippen LogP contribution >= 0.6 is 0 Å². The van der Waals surface area contributed by atoms with Gasteiger partial charge in [-0.1, -0.05) is 26.7 Å². The number of amides is 1. The summed E-state index contributed by atoms with van der Waals surface area (Å²) in [7, 11) is 0. The number of primary amides is 1. The third kappa shape index (κ3) is 3.93. The number of nitrogens with zero attached hydrogens (tertiary/aromatic N) is 1. The van der Waals surface area contributed by atoms with Crippen molar-refractivity contribution < 1.29 is 4.79 Å². The maximum atomic E-state index is 11.5. The molecule has 110 valence electrons. The minimum atomic E-state index is -0.199. The molecule has 0 spiro atoms. The first-order valence-corrected chi connectivity index (χ1v) is 7.86. The Morgan fingerprint density at radius 2 is 1.89 bits per heavy atom. The van der Waals surface area contributed by atoms with Crippen LogP contribution in [0.2, 0.25) is 0 Å². The zero-order chi connectivity index (χ0) is 13.9. The van der Waals surface area contributed by atoms with Crippen molar-refractivity contribution in [1.29, 1.82) is 0 Å². The van der Waals surface area contributed by atoms with Gasteiger partial charge in [0.2, 0.25) is 5.91 Å². The molecular formula is C15H29N3O. The highest BCUT2D eigenvalue weighted by atomic mass is 16.1. The number of likely N-dealkylation sites (tertiary alicyclic amines) is 1. The van der Waals surface area contributed by atoms with E-state index in [1.807, 2.05) is 0 Å². The van der Waals surface area contributed by atoms with E-state index in [0.717, 1.165) is 19.6 Å². The van der Waals surface area contributed by atoms with Gasteiger partial charge in [-0.05, 0) is 44.2 Å². The molecule has 19 heavy (non-hydrogen) atoms. The van der Waals surface area contributed by atoms with Crippen molar-refractivity contribution in [3.8, 4) is 0 Å². The SMILES string of the molecule is CCC1(CC)CCN(CC(NC2CC2)C(N)=O)CC1. The lowest BCUT2D eigenvalue weighted by Gasteiger charge is -2.41. The third-order valence-corrected chi connectivity index (χ3v) is 5.22. The number of nitrogens with one attached hydrogen (secondary N) is 1. The Labute approximate surface area is 117 Å². The van der Waals surface area contributed by atoms with E-state index in [-0.39, 0.29) is 11.9 Å². The summed E-state index contributed by atoms with van der Waals surface area (Å²) in [4.78, 5) is 13.9. The van der Waals surface area contributed by atoms with Gasteiger partial charge in [-0.3, -0.25) is 4.79 Å².